The zero-order chi connectivity index (χ0) is 17.0. The number of esters is 1. The number of carbonyl (C=O) groups is 1. The number of hydrogen-bond donors (Lipinski definition) is 1. The van der Waals surface area contributed by atoms with Crippen LogP contribution < -0.4 is 4.72 Å². The summed E-state index contributed by atoms with van der Waals surface area (Å²) in [4.78, 5) is 15.2. The van der Waals surface area contributed by atoms with Crippen LogP contribution in [0.5, 0.6) is 0 Å². The number of rotatable bonds is 6. The molecule has 2 heterocycles. The fourth-order valence-corrected chi connectivity index (χ4v) is 3.16. The van der Waals surface area contributed by atoms with Crippen molar-refractivity contribution in [2.75, 3.05) is 7.11 Å². The molecule has 9 heteroatoms. The van der Waals surface area contributed by atoms with Crippen molar-refractivity contribution in [2.24, 2.45) is 0 Å². The lowest BCUT2D eigenvalue weighted by Crippen LogP contribution is -2.26. The summed E-state index contributed by atoms with van der Waals surface area (Å²) in [6, 6.07) is 3.14. The van der Waals surface area contributed by atoms with Crippen molar-refractivity contribution in [3.05, 3.63) is 42.0 Å². The fourth-order valence-electron chi connectivity index (χ4n) is 1.97. The Bertz CT molecular complexity index is 801. The maximum absolute atomic E-state index is 12.4. The molecule has 1 unspecified atom stereocenters. The highest BCUT2D eigenvalue weighted by molar-refractivity contribution is 7.89. The van der Waals surface area contributed by atoms with Gasteiger partial charge >= 0.3 is 5.97 Å². The van der Waals surface area contributed by atoms with Crippen molar-refractivity contribution in [1.82, 2.24) is 19.5 Å². The molecule has 8 nitrogen and oxygen atoms in total. The first-order chi connectivity index (χ1) is 10.8. The number of ether oxygens (including phenoxy) is 1. The molecule has 2 aromatic rings. The van der Waals surface area contributed by atoms with Crippen LogP contribution in [-0.4, -0.2) is 36.3 Å². The van der Waals surface area contributed by atoms with E-state index in [0.29, 0.717) is 0 Å². The molecule has 0 spiro atoms. The normalized spacial score (nSPS) is 12.8. The Morgan fingerprint density at radius 2 is 2.22 bits per heavy atom. The minimum Gasteiger partial charge on any atom is -0.468 e. The summed E-state index contributed by atoms with van der Waals surface area (Å²) in [5.74, 6) is -0.509. The lowest BCUT2D eigenvalue weighted by molar-refractivity contribution is -0.141. The van der Waals surface area contributed by atoms with Crippen LogP contribution in [0.4, 0.5) is 0 Å². The lowest BCUT2D eigenvalue weighted by atomic mass is 10.1. The zero-order valence-corrected chi connectivity index (χ0v) is 13.9. The zero-order valence-electron chi connectivity index (χ0n) is 13.1. The van der Waals surface area contributed by atoms with Gasteiger partial charge in [0.2, 0.25) is 10.0 Å². The third kappa shape index (κ3) is 4.36. The van der Waals surface area contributed by atoms with E-state index in [2.05, 4.69) is 19.5 Å². The first kappa shape index (κ1) is 17.1. The lowest BCUT2D eigenvalue weighted by Gasteiger charge is -2.14. The Kier molecular flexibility index (Phi) is 5.12. The van der Waals surface area contributed by atoms with Crippen molar-refractivity contribution >= 4 is 16.0 Å². The molecule has 0 aliphatic heterocycles. The van der Waals surface area contributed by atoms with Gasteiger partial charge in [0.1, 0.15) is 11.4 Å². The standard InChI is InChI=1S/C14H18N4O4S/c1-10-6-12(4-5-15-10)11(2)17-23(20,21)13-7-16-18(8-13)9-14(19)22-3/h4-8,11,17H,9H2,1-3H3. The van der Waals surface area contributed by atoms with Gasteiger partial charge in [-0.05, 0) is 31.5 Å². The van der Waals surface area contributed by atoms with Gasteiger partial charge in [0, 0.05) is 24.1 Å². The summed E-state index contributed by atoms with van der Waals surface area (Å²) in [6.07, 6.45) is 4.10. The Labute approximate surface area is 134 Å². The molecule has 0 saturated heterocycles. The van der Waals surface area contributed by atoms with E-state index in [1.165, 1.54) is 24.2 Å². The number of aromatic nitrogens is 3. The van der Waals surface area contributed by atoms with E-state index in [1.54, 1.807) is 19.2 Å². The predicted molar refractivity (Wildman–Crippen MR) is 82.0 cm³/mol. The molecule has 1 atom stereocenters. The maximum atomic E-state index is 12.4. The predicted octanol–water partition coefficient (Wildman–Crippen LogP) is 0.799. The number of carbonyl (C=O) groups excluding carboxylic acids is 1. The number of hydrogen-bond acceptors (Lipinski definition) is 6. The molecule has 0 radical (unpaired) electrons. The van der Waals surface area contributed by atoms with Gasteiger partial charge in [-0.3, -0.25) is 14.5 Å². The summed E-state index contributed by atoms with van der Waals surface area (Å²) in [5.41, 5.74) is 1.61. The van der Waals surface area contributed by atoms with Gasteiger partial charge in [0.15, 0.2) is 0 Å². The molecule has 0 aliphatic rings. The van der Waals surface area contributed by atoms with E-state index >= 15 is 0 Å². The second-order valence-electron chi connectivity index (χ2n) is 5.02. The highest BCUT2D eigenvalue weighted by atomic mass is 32.2. The third-order valence-electron chi connectivity index (χ3n) is 3.19. The number of aryl methyl sites for hydroxylation is 1. The van der Waals surface area contributed by atoms with Gasteiger partial charge in [-0.1, -0.05) is 0 Å². The number of methoxy groups -OCH3 is 1. The summed E-state index contributed by atoms with van der Waals surface area (Å²) in [6.45, 7) is 3.43. The van der Waals surface area contributed by atoms with Gasteiger partial charge in [-0.25, -0.2) is 13.1 Å². The Morgan fingerprint density at radius 1 is 1.48 bits per heavy atom. The first-order valence-electron chi connectivity index (χ1n) is 6.86. The molecule has 1 N–H and O–H groups in total. The second-order valence-corrected chi connectivity index (χ2v) is 6.74. The molecule has 124 valence electrons. The highest BCUT2D eigenvalue weighted by Crippen LogP contribution is 2.16. The number of nitrogens with one attached hydrogen (secondary N) is 1. The number of nitrogens with zero attached hydrogens (tertiary/aromatic N) is 3. The van der Waals surface area contributed by atoms with E-state index in [-0.39, 0.29) is 11.4 Å². The van der Waals surface area contributed by atoms with Crippen molar-refractivity contribution in [3.63, 3.8) is 0 Å². The molecular formula is C14H18N4O4S. The van der Waals surface area contributed by atoms with Crippen molar-refractivity contribution < 1.29 is 17.9 Å². The van der Waals surface area contributed by atoms with E-state index in [0.717, 1.165) is 11.3 Å². The SMILES string of the molecule is COC(=O)Cn1cc(S(=O)(=O)NC(C)c2ccnc(C)c2)cn1. The summed E-state index contributed by atoms with van der Waals surface area (Å²) in [7, 11) is -2.49. The Hall–Kier alpha value is -2.26. The van der Waals surface area contributed by atoms with Crippen LogP contribution in [-0.2, 0) is 26.1 Å². The topological polar surface area (TPSA) is 103 Å². The van der Waals surface area contributed by atoms with Gasteiger partial charge in [-0.15, -0.1) is 0 Å². The van der Waals surface area contributed by atoms with E-state index < -0.39 is 22.0 Å². The fraction of sp³-hybridized carbons (Fsp3) is 0.357. The molecule has 0 bridgehead atoms. The van der Waals surface area contributed by atoms with Crippen LogP contribution in [0.2, 0.25) is 0 Å². The largest absolute Gasteiger partial charge is 0.468 e. The molecule has 0 amide bonds. The van der Waals surface area contributed by atoms with Crippen LogP contribution in [0.3, 0.4) is 0 Å². The molecule has 23 heavy (non-hydrogen) atoms. The van der Waals surface area contributed by atoms with Crippen LogP contribution >= 0.6 is 0 Å². The average Bonchev–Trinajstić information content (AvgIpc) is 2.96. The quantitative estimate of drug-likeness (QED) is 0.782. The van der Waals surface area contributed by atoms with Crippen LogP contribution in [0.25, 0.3) is 0 Å². The van der Waals surface area contributed by atoms with Gasteiger partial charge in [0.05, 0.1) is 13.3 Å². The number of sulfonamides is 1. The third-order valence-corrected chi connectivity index (χ3v) is 4.69. The molecule has 0 aromatic carbocycles. The highest BCUT2D eigenvalue weighted by Gasteiger charge is 2.21. The smallest absolute Gasteiger partial charge is 0.327 e. The van der Waals surface area contributed by atoms with E-state index in [1.807, 2.05) is 13.0 Å². The summed E-state index contributed by atoms with van der Waals surface area (Å²) >= 11 is 0. The molecule has 0 fully saturated rings. The van der Waals surface area contributed by atoms with Crippen molar-refractivity contribution in [3.8, 4) is 0 Å². The molecule has 0 saturated carbocycles. The summed E-state index contributed by atoms with van der Waals surface area (Å²) < 4.78 is 33.0. The van der Waals surface area contributed by atoms with Gasteiger partial charge in [-0.2, -0.15) is 5.10 Å². The Morgan fingerprint density at radius 3 is 2.87 bits per heavy atom. The number of pyridine rings is 1. The monoisotopic (exact) mass is 338 g/mol. The first-order valence-corrected chi connectivity index (χ1v) is 8.34. The van der Waals surface area contributed by atoms with E-state index in [4.69, 9.17) is 0 Å². The summed E-state index contributed by atoms with van der Waals surface area (Å²) in [5, 5.41) is 3.85. The van der Waals surface area contributed by atoms with Crippen LogP contribution in [0, 0.1) is 6.92 Å². The van der Waals surface area contributed by atoms with Crippen molar-refractivity contribution in [1.29, 1.82) is 0 Å². The molecule has 2 rings (SSSR count). The molecule has 0 aliphatic carbocycles. The van der Waals surface area contributed by atoms with Crippen molar-refractivity contribution in [2.45, 2.75) is 31.3 Å². The molecular weight excluding hydrogens is 320 g/mol. The van der Waals surface area contributed by atoms with Crippen LogP contribution in [0.1, 0.15) is 24.2 Å². The second kappa shape index (κ2) is 6.88. The maximum Gasteiger partial charge on any atom is 0.327 e. The van der Waals surface area contributed by atoms with E-state index in [9.17, 15) is 13.2 Å². The Balaban J connectivity index is 2.14. The average molecular weight is 338 g/mol. The minimum atomic E-state index is -3.75. The van der Waals surface area contributed by atoms with Crippen LogP contribution in [0.15, 0.2) is 35.6 Å². The molecule has 2 aromatic heterocycles. The van der Waals surface area contributed by atoms with Gasteiger partial charge < -0.3 is 4.74 Å². The minimum absolute atomic E-state index is 0.0148. The van der Waals surface area contributed by atoms with Gasteiger partial charge in [0.25, 0.3) is 0 Å².